The van der Waals surface area contributed by atoms with Crippen LogP contribution in [0.15, 0.2) is 36.4 Å². The standard InChI is InChI=1S/C12H13NO4/c1-8(2)11(14)17-10-7-5-4-6-9(10)13-12(15)16-3/h4-7H,1H2,2-3H3,(H,13,15). The number of carbonyl (C=O) groups is 2. The van der Waals surface area contributed by atoms with E-state index >= 15 is 0 Å². The molecule has 0 aromatic heterocycles. The summed E-state index contributed by atoms with van der Waals surface area (Å²) in [7, 11) is 1.25. The lowest BCUT2D eigenvalue weighted by Crippen LogP contribution is -2.14. The average Bonchev–Trinajstić information content (AvgIpc) is 2.31. The van der Waals surface area contributed by atoms with E-state index in [0.29, 0.717) is 5.69 Å². The molecule has 0 aliphatic carbocycles. The summed E-state index contributed by atoms with van der Waals surface area (Å²) in [6, 6.07) is 6.54. The molecule has 0 saturated heterocycles. The van der Waals surface area contributed by atoms with Gasteiger partial charge in [0.15, 0.2) is 5.75 Å². The van der Waals surface area contributed by atoms with Gasteiger partial charge in [0.2, 0.25) is 0 Å². The van der Waals surface area contributed by atoms with Gasteiger partial charge in [0.1, 0.15) is 0 Å². The lowest BCUT2D eigenvalue weighted by Gasteiger charge is -2.10. The smallest absolute Gasteiger partial charge is 0.411 e. The quantitative estimate of drug-likeness (QED) is 0.496. The van der Waals surface area contributed by atoms with Crippen LogP contribution in [-0.4, -0.2) is 19.2 Å². The summed E-state index contributed by atoms with van der Waals surface area (Å²) >= 11 is 0. The number of benzene rings is 1. The van der Waals surface area contributed by atoms with Gasteiger partial charge >= 0.3 is 12.1 Å². The third-order valence-corrected chi connectivity index (χ3v) is 1.86. The molecule has 0 spiro atoms. The van der Waals surface area contributed by atoms with Gasteiger partial charge in [-0.15, -0.1) is 0 Å². The first-order valence-corrected chi connectivity index (χ1v) is 4.86. The van der Waals surface area contributed by atoms with Gasteiger partial charge in [-0.25, -0.2) is 9.59 Å². The van der Waals surface area contributed by atoms with Gasteiger partial charge in [-0.1, -0.05) is 18.7 Å². The molecule has 1 N–H and O–H groups in total. The molecule has 1 aromatic carbocycles. The molecule has 90 valence electrons. The average molecular weight is 235 g/mol. The van der Waals surface area contributed by atoms with Crippen LogP contribution < -0.4 is 10.1 Å². The van der Waals surface area contributed by atoms with Crippen molar-refractivity contribution in [3.8, 4) is 5.75 Å². The van der Waals surface area contributed by atoms with Crippen LogP contribution in [0.1, 0.15) is 6.92 Å². The van der Waals surface area contributed by atoms with Crippen molar-refractivity contribution < 1.29 is 19.1 Å². The minimum atomic E-state index is -0.635. The van der Waals surface area contributed by atoms with E-state index in [-0.39, 0.29) is 11.3 Å². The molecule has 0 bridgehead atoms. The molecule has 0 saturated carbocycles. The van der Waals surface area contributed by atoms with Crippen molar-refractivity contribution in [1.82, 2.24) is 0 Å². The summed E-state index contributed by atoms with van der Waals surface area (Å²) in [5.74, 6) is -0.310. The third kappa shape index (κ3) is 3.64. The number of esters is 1. The van der Waals surface area contributed by atoms with Gasteiger partial charge in [-0.05, 0) is 19.1 Å². The number of hydrogen-bond acceptors (Lipinski definition) is 4. The van der Waals surface area contributed by atoms with E-state index in [0.717, 1.165) is 0 Å². The van der Waals surface area contributed by atoms with Crippen LogP contribution in [0.4, 0.5) is 10.5 Å². The summed E-state index contributed by atoms with van der Waals surface area (Å²) in [5.41, 5.74) is 0.631. The Hall–Kier alpha value is -2.30. The molecule has 0 atom stereocenters. The minimum absolute atomic E-state index is 0.242. The SMILES string of the molecule is C=C(C)C(=O)Oc1ccccc1NC(=O)OC. The van der Waals surface area contributed by atoms with Crippen LogP contribution in [0.25, 0.3) is 0 Å². The highest BCUT2D eigenvalue weighted by Crippen LogP contribution is 2.24. The Morgan fingerprint density at radius 1 is 1.29 bits per heavy atom. The first kappa shape index (κ1) is 12.8. The third-order valence-electron chi connectivity index (χ3n) is 1.86. The zero-order chi connectivity index (χ0) is 12.8. The Kier molecular flexibility index (Phi) is 4.28. The second kappa shape index (κ2) is 5.69. The molecule has 0 aliphatic rings. The van der Waals surface area contributed by atoms with Gasteiger partial charge in [0, 0.05) is 5.57 Å². The summed E-state index contributed by atoms with van der Waals surface area (Å²) in [4.78, 5) is 22.4. The molecule has 0 radical (unpaired) electrons. The number of amides is 1. The Morgan fingerprint density at radius 2 is 1.94 bits per heavy atom. The number of rotatable bonds is 3. The molecule has 5 heteroatoms. The van der Waals surface area contributed by atoms with Crippen LogP contribution in [0.2, 0.25) is 0 Å². The summed E-state index contributed by atoms with van der Waals surface area (Å²) in [5, 5.41) is 2.44. The van der Waals surface area contributed by atoms with E-state index < -0.39 is 12.1 Å². The van der Waals surface area contributed by atoms with Gasteiger partial charge in [0.05, 0.1) is 12.8 Å². The fourth-order valence-electron chi connectivity index (χ4n) is 1.01. The van der Waals surface area contributed by atoms with Crippen molar-refractivity contribution in [3.05, 3.63) is 36.4 Å². The Morgan fingerprint density at radius 3 is 2.53 bits per heavy atom. The normalized spacial score (nSPS) is 9.29. The van der Waals surface area contributed by atoms with Gasteiger partial charge < -0.3 is 9.47 Å². The molecular formula is C12H13NO4. The van der Waals surface area contributed by atoms with E-state index in [1.807, 2.05) is 0 Å². The number of hydrogen-bond donors (Lipinski definition) is 1. The van der Waals surface area contributed by atoms with Gasteiger partial charge in [0.25, 0.3) is 0 Å². The fraction of sp³-hybridized carbons (Fsp3) is 0.167. The van der Waals surface area contributed by atoms with E-state index in [1.54, 1.807) is 31.2 Å². The highest BCUT2D eigenvalue weighted by atomic mass is 16.5. The van der Waals surface area contributed by atoms with Crippen LogP contribution >= 0.6 is 0 Å². The van der Waals surface area contributed by atoms with E-state index in [2.05, 4.69) is 16.6 Å². The van der Waals surface area contributed by atoms with E-state index in [4.69, 9.17) is 4.74 Å². The van der Waals surface area contributed by atoms with Crippen LogP contribution in [0.3, 0.4) is 0 Å². The van der Waals surface area contributed by atoms with Crippen LogP contribution in [0, 0.1) is 0 Å². The number of para-hydroxylation sites is 2. The molecule has 1 aromatic rings. The molecule has 1 amide bonds. The molecule has 0 heterocycles. The first-order chi connectivity index (χ1) is 8.04. The monoisotopic (exact) mass is 235 g/mol. The van der Waals surface area contributed by atoms with Crippen LogP contribution in [0.5, 0.6) is 5.75 Å². The number of methoxy groups -OCH3 is 1. The second-order valence-electron chi connectivity index (χ2n) is 3.28. The van der Waals surface area contributed by atoms with Gasteiger partial charge in [-0.3, -0.25) is 5.32 Å². The van der Waals surface area contributed by atoms with Crippen molar-refractivity contribution in [2.75, 3.05) is 12.4 Å². The number of anilines is 1. The zero-order valence-electron chi connectivity index (χ0n) is 9.65. The van der Waals surface area contributed by atoms with Crippen molar-refractivity contribution in [2.45, 2.75) is 6.92 Å². The number of carbonyl (C=O) groups excluding carboxylic acids is 2. The van der Waals surface area contributed by atoms with Crippen molar-refractivity contribution >= 4 is 17.7 Å². The topological polar surface area (TPSA) is 64.6 Å². The molecule has 17 heavy (non-hydrogen) atoms. The second-order valence-corrected chi connectivity index (χ2v) is 3.28. The highest BCUT2D eigenvalue weighted by molar-refractivity contribution is 5.91. The first-order valence-electron chi connectivity index (χ1n) is 4.86. The summed E-state index contributed by atoms with van der Waals surface area (Å²) < 4.78 is 9.50. The zero-order valence-corrected chi connectivity index (χ0v) is 9.65. The largest absolute Gasteiger partial charge is 0.453 e. The molecule has 0 unspecified atom stereocenters. The lowest BCUT2D eigenvalue weighted by atomic mass is 10.3. The Labute approximate surface area is 99.0 Å². The maximum atomic E-state index is 11.4. The van der Waals surface area contributed by atoms with E-state index in [1.165, 1.54) is 7.11 Å². The predicted molar refractivity (Wildman–Crippen MR) is 62.9 cm³/mol. The van der Waals surface area contributed by atoms with Crippen LogP contribution in [-0.2, 0) is 9.53 Å². The number of ether oxygens (including phenoxy) is 2. The predicted octanol–water partition coefficient (Wildman–Crippen LogP) is 2.35. The van der Waals surface area contributed by atoms with Crippen molar-refractivity contribution in [3.63, 3.8) is 0 Å². The van der Waals surface area contributed by atoms with E-state index in [9.17, 15) is 9.59 Å². The Bertz CT molecular complexity index is 454. The Balaban J connectivity index is 2.88. The minimum Gasteiger partial charge on any atom is -0.453 e. The van der Waals surface area contributed by atoms with Crippen molar-refractivity contribution in [2.24, 2.45) is 0 Å². The lowest BCUT2D eigenvalue weighted by molar-refractivity contribution is -0.130. The summed E-state index contributed by atoms with van der Waals surface area (Å²) in [6.07, 6.45) is -0.635. The van der Waals surface area contributed by atoms with Crippen molar-refractivity contribution in [1.29, 1.82) is 0 Å². The summed E-state index contributed by atoms with van der Waals surface area (Å²) in [6.45, 7) is 5.01. The maximum Gasteiger partial charge on any atom is 0.411 e. The van der Waals surface area contributed by atoms with Gasteiger partial charge in [-0.2, -0.15) is 0 Å². The molecule has 5 nitrogen and oxygen atoms in total. The maximum absolute atomic E-state index is 11.4. The number of nitrogens with one attached hydrogen (secondary N) is 1. The highest BCUT2D eigenvalue weighted by Gasteiger charge is 2.11. The molecule has 1 rings (SSSR count). The molecular weight excluding hydrogens is 222 g/mol. The fourth-order valence-corrected chi connectivity index (χ4v) is 1.01. The molecule has 0 fully saturated rings. The molecule has 0 aliphatic heterocycles.